The van der Waals surface area contributed by atoms with E-state index in [1.807, 2.05) is 42.5 Å². The van der Waals surface area contributed by atoms with Gasteiger partial charge in [0.25, 0.3) is 0 Å². The van der Waals surface area contributed by atoms with Crippen molar-refractivity contribution in [1.82, 2.24) is 0 Å². The molecule has 0 spiro atoms. The molecule has 0 bridgehead atoms. The SMILES string of the molecule is OCC(F)Cc1ccc2ccccc2c1. The van der Waals surface area contributed by atoms with Gasteiger partial charge in [0.15, 0.2) is 0 Å². The number of hydrogen-bond acceptors (Lipinski definition) is 1. The minimum absolute atomic E-state index is 0.279. The highest BCUT2D eigenvalue weighted by Crippen LogP contribution is 2.17. The molecule has 0 aliphatic rings. The molecule has 0 aliphatic heterocycles. The molecule has 15 heavy (non-hydrogen) atoms. The zero-order valence-corrected chi connectivity index (χ0v) is 8.36. The molecule has 1 nitrogen and oxygen atoms in total. The lowest BCUT2D eigenvalue weighted by atomic mass is 10.0. The maximum absolute atomic E-state index is 13.0. The van der Waals surface area contributed by atoms with Gasteiger partial charge < -0.3 is 5.11 Å². The van der Waals surface area contributed by atoms with E-state index in [2.05, 4.69) is 0 Å². The summed E-state index contributed by atoms with van der Waals surface area (Å²) in [6, 6.07) is 13.8. The summed E-state index contributed by atoms with van der Waals surface area (Å²) in [6.45, 7) is -0.410. The molecule has 1 atom stereocenters. The first-order valence-corrected chi connectivity index (χ1v) is 5.02. The highest BCUT2D eigenvalue weighted by Gasteiger charge is 2.05. The van der Waals surface area contributed by atoms with Gasteiger partial charge in [-0.1, -0.05) is 42.5 Å². The Hall–Kier alpha value is -1.41. The van der Waals surface area contributed by atoms with Crippen molar-refractivity contribution >= 4 is 10.8 Å². The maximum Gasteiger partial charge on any atom is 0.127 e. The van der Waals surface area contributed by atoms with E-state index in [1.54, 1.807) is 0 Å². The van der Waals surface area contributed by atoms with Crippen molar-refractivity contribution in [3.05, 3.63) is 48.0 Å². The molecule has 0 amide bonds. The highest BCUT2D eigenvalue weighted by molar-refractivity contribution is 5.82. The fourth-order valence-corrected chi connectivity index (χ4v) is 1.69. The van der Waals surface area contributed by atoms with Crippen molar-refractivity contribution in [3.63, 3.8) is 0 Å². The number of rotatable bonds is 3. The Bertz CT molecular complexity index is 453. The Morgan fingerprint density at radius 1 is 1.07 bits per heavy atom. The van der Waals surface area contributed by atoms with Crippen LogP contribution in [0.2, 0.25) is 0 Å². The summed E-state index contributed by atoms with van der Waals surface area (Å²) < 4.78 is 13.0. The van der Waals surface area contributed by atoms with Gasteiger partial charge in [-0.15, -0.1) is 0 Å². The number of fused-ring (bicyclic) bond motifs is 1. The van der Waals surface area contributed by atoms with Crippen LogP contribution < -0.4 is 0 Å². The van der Waals surface area contributed by atoms with Crippen LogP contribution in [0, 0.1) is 0 Å². The first-order chi connectivity index (χ1) is 7.29. The Balaban J connectivity index is 2.30. The van der Waals surface area contributed by atoms with E-state index in [4.69, 9.17) is 5.11 Å². The van der Waals surface area contributed by atoms with Gasteiger partial charge in [0.1, 0.15) is 6.17 Å². The van der Waals surface area contributed by atoms with Gasteiger partial charge in [0.2, 0.25) is 0 Å². The molecule has 0 fully saturated rings. The second-order valence-electron chi connectivity index (χ2n) is 3.67. The normalized spacial score (nSPS) is 12.9. The van der Waals surface area contributed by atoms with E-state index in [-0.39, 0.29) is 6.42 Å². The van der Waals surface area contributed by atoms with Crippen LogP contribution in [0.25, 0.3) is 10.8 Å². The Morgan fingerprint density at radius 2 is 1.80 bits per heavy atom. The van der Waals surface area contributed by atoms with Crippen LogP contribution in [0.1, 0.15) is 5.56 Å². The lowest BCUT2D eigenvalue weighted by Gasteiger charge is -2.06. The quantitative estimate of drug-likeness (QED) is 0.815. The minimum Gasteiger partial charge on any atom is -0.393 e. The second-order valence-corrected chi connectivity index (χ2v) is 3.67. The predicted molar refractivity (Wildman–Crippen MR) is 59.6 cm³/mol. The molecular formula is C13H13FO. The summed E-state index contributed by atoms with van der Waals surface area (Å²) in [5.41, 5.74) is 0.926. The molecule has 2 rings (SSSR count). The van der Waals surface area contributed by atoms with E-state index in [0.29, 0.717) is 0 Å². The Kier molecular flexibility index (Phi) is 2.97. The van der Waals surface area contributed by atoms with Crippen LogP contribution in [-0.4, -0.2) is 17.9 Å². The Labute approximate surface area is 88.2 Å². The minimum atomic E-state index is -1.16. The van der Waals surface area contributed by atoms with Gasteiger partial charge in [-0.25, -0.2) is 4.39 Å². The van der Waals surface area contributed by atoms with Gasteiger partial charge in [0.05, 0.1) is 6.61 Å². The second kappa shape index (κ2) is 4.41. The van der Waals surface area contributed by atoms with Crippen LogP contribution in [0.5, 0.6) is 0 Å². The molecule has 0 heterocycles. The third-order valence-corrected chi connectivity index (χ3v) is 2.47. The molecule has 0 radical (unpaired) electrons. The van der Waals surface area contributed by atoms with Crippen molar-refractivity contribution in [3.8, 4) is 0 Å². The fourth-order valence-electron chi connectivity index (χ4n) is 1.69. The van der Waals surface area contributed by atoms with Crippen LogP contribution in [-0.2, 0) is 6.42 Å². The van der Waals surface area contributed by atoms with Crippen molar-refractivity contribution < 1.29 is 9.50 Å². The number of alkyl halides is 1. The third kappa shape index (κ3) is 2.34. The lowest BCUT2D eigenvalue weighted by molar-refractivity contribution is 0.177. The highest BCUT2D eigenvalue weighted by atomic mass is 19.1. The van der Waals surface area contributed by atoms with Crippen LogP contribution in [0.15, 0.2) is 42.5 Å². The first-order valence-electron chi connectivity index (χ1n) is 5.02. The molecule has 0 saturated carbocycles. The molecule has 2 heteroatoms. The van der Waals surface area contributed by atoms with E-state index in [1.165, 1.54) is 0 Å². The number of aliphatic hydroxyl groups is 1. The van der Waals surface area contributed by atoms with E-state index < -0.39 is 12.8 Å². The number of halogens is 1. The molecule has 0 aliphatic carbocycles. The number of hydrogen-bond donors (Lipinski definition) is 1. The van der Waals surface area contributed by atoms with Crippen LogP contribution in [0.4, 0.5) is 4.39 Å². The summed E-state index contributed by atoms with van der Waals surface area (Å²) in [4.78, 5) is 0. The third-order valence-electron chi connectivity index (χ3n) is 2.47. The molecule has 0 aromatic heterocycles. The summed E-state index contributed by atoms with van der Waals surface area (Å²) in [7, 11) is 0. The average Bonchev–Trinajstić information content (AvgIpc) is 2.29. The van der Waals surface area contributed by atoms with E-state index in [0.717, 1.165) is 16.3 Å². The molecule has 2 aromatic carbocycles. The monoisotopic (exact) mass is 204 g/mol. The van der Waals surface area contributed by atoms with Crippen molar-refractivity contribution in [1.29, 1.82) is 0 Å². The van der Waals surface area contributed by atoms with Gasteiger partial charge in [-0.05, 0) is 16.3 Å². The molecule has 1 N–H and O–H groups in total. The summed E-state index contributed by atoms with van der Waals surface area (Å²) >= 11 is 0. The zero-order valence-electron chi connectivity index (χ0n) is 8.36. The summed E-state index contributed by atoms with van der Waals surface area (Å²) in [5.74, 6) is 0. The smallest absolute Gasteiger partial charge is 0.127 e. The number of benzene rings is 2. The largest absolute Gasteiger partial charge is 0.393 e. The predicted octanol–water partition coefficient (Wildman–Crippen LogP) is 2.71. The molecule has 78 valence electrons. The van der Waals surface area contributed by atoms with Crippen LogP contribution in [0.3, 0.4) is 0 Å². The van der Waals surface area contributed by atoms with Gasteiger partial charge in [-0.2, -0.15) is 0 Å². The fraction of sp³-hybridized carbons (Fsp3) is 0.231. The standard InChI is InChI=1S/C13H13FO/c14-13(9-15)8-10-5-6-11-3-1-2-4-12(11)7-10/h1-7,13,15H,8-9H2. The van der Waals surface area contributed by atoms with Crippen molar-refractivity contribution in [2.75, 3.05) is 6.61 Å². The van der Waals surface area contributed by atoms with Gasteiger partial charge >= 0.3 is 0 Å². The first kappa shape index (κ1) is 10.1. The molecule has 1 unspecified atom stereocenters. The topological polar surface area (TPSA) is 20.2 Å². The van der Waals surface area contributed by atoms with E-state index >= 15 is 0 Å². The molecule has 0 saturated heterocycles. The number of aliphatic hydroxyl groups excluding tert-OH is 1. The average molecular weight is 204 g/mol. The van der Waals surface area contributed by atoms with Gasteiger partial charge in [0, 0.05) is 6.42 Å². The van der Waals surface area contributed by atoms with Gasteiger partial charge in [-0.3, -0.25) is 0 Å². The zero-order chi connectivity index (χ0) is 10.7. The van der Waals surface area contributed by atoms with Crippen molar-refractivity contribution in [2.24, 2.45) is 0 Å². The van der Waals surface area contributed by atoms with E-state index in [9.17, 15) is 4.39 Å². The summed E-state index contributed by atoms with van der Waals surface area (Å²) in [6.07, 6.45) is -0.882. The molecular weight excluding hydrogens is 191 g/mol. The molecule has 2 aromatic rings. The summed E-state index contributed by atoms with van der Waals surface area (Å²) in [5, 5.41) is 10.9. The maximum atomic E-state index is 13.0. The van der Waals surface area contributed by atoms with Crippen LogP contribution >= 0.6 is 0 Å². The Morgan fingerprint density at radius 3 is 2.53 bits per heavy atom. The lowest BCUT2D eigenvalue weighted by Crippen LogP contribution is -2.09. The van der Waals surface area contributed by atoms with Crippen molar-refractivity contribution in [2.45, 2.75) is 12.6 Å².